The highest BCUT2D eigenvalue weighted by molar-refractivity contribution is 6.01. The van der Waals surface area contributed by atoms with Crippen molar-refractivity contribution in [2.24, 2.45) is 11.7 Å². The summed E-state index contributed by atoms with van der Waals surface area (Å²) in [6.45, 7) is 0.394. The highest BCUT2D eigenvalue weighted by atomic mass is 19.1. The lowest BCUT2D eigenvalue weighted by Crippen LogP contribution is -2.45. The van der Waals surface area contributed by atoms with Crippen LogP contribution < -0.4 is 16.4 Å². The van der Waals surface area contributed by atoms with Gasteiger partial charge in [0.25, 0.3) is 0 Å². The SMILES string of the molecule is NCC(NC(=O)C1CC(=O)Nc2cc(F)ccc21)C1CC1. The topological polar surface area (TPSA) is 84.2 Å². The highest BCUT2D eigenvalue weighted by Gasteiger charge is 2.35. The first-order chi connectivity index (χ1) is 10.1. The molecule has 2 unspecified atom stereocenters. The summed E-state index contributed by atoms with van der Waals surface area (Å²) in [5.74, 6) is -1.05. The maximum absolute atomic E-state index is 13.3. The van der Waals surface area contributed by atoms with E-state index < -0.39 is 11.7 Å². The van der Waals surface area contributed by atoms with E-state index in [0.29, 0.717) is 23.7 Å². The number of amides is 2. The molecule has 1 aromatic rings. The van der Waals surface area contributed by atoms with E-state index in [1.807, 2.05) is 0 Å². The van der Waals surface area contributed by atoms with Gasteiger partial charge in [-0.2, -0.15) is 0 Å². The number of fused-ring (bicyclic) bond motifs is 1. The first kappa shape index (κ1) is 14.0. The van der Waals surface area contributed by atoms with Crippen LogP contribution in [0.4, 0.5) is 10.1 Å². The van der Waals surface area contributed by atoms with E-state index in [4.69, 9.17) is 5.73 Å². The summed E-state index contributed by atoms with van der Waals surface area (Å²) in [5, 5.41) is 5.54. The Hall–Kier alpha value is -1.95. The fourth-order valence-electron chi connectivity index (χ4n) is 2.82. The number of benzene rings is 1. The predicted octanol–water partition coefficient (Wildman–Crippen LogP) is 1.10. The maximum atomic E-state index is 13.3. The Morgan fingerprint density at radius 1 is 1.48 bits per heavy atom. The number of nitrogens with two attached hydrogens (primary N) is 1. The van der Waals surface area contributed by atoms with Gasteiger partial charge in [0.15, 0.2) is 0 Å². The zero-order valence-electron chi connectivity index (χ0n) is 11.6. The molecule has 4 N–H and O–H groups in total. The molecule has 1 aliphatic carbocycles. The van der Waals surface area contributed by atoms with Crippen LogP contribution >= 0.6 is 0 Å². The molecule has 2 aliphatic rings. The van der Waals surface area contributed by atoms with Crippen molar-refractivity contribution in [3.05, 3.63) is 29.6 Å². The molecule has 6 heteroatoms. The van der Waals surface area contributed by atoms with Gasteiger partial charge in [0.05, 0.1) is 5.92 Å². The fraction of sp³-hybridized carbons (Fsp3) is 0.467. The Balaban J connectivity index is 1.81. The summed E-state index contributed by atoms with van der Waals surface area (Å²) in [6, 6.07) is 4.07. The number of hydrogen-bond acceptors (Lipinski definition) is 3. The van der Waals surface area contributed by atoms with Crippen LogP contribution in [0.15, 0.2) is 18.2 Å². The number of nitrogens with one attached hydrogen (secondary N) is 2. The predicted molar refractivity (Wildman–Crippen MR) is 76.1 cm³/mol. The fourth-order valence-corrected chi connectivity index (χ4v) is 2.82. The third-order valence-electron chi connectivity index (χ3n) is 4.14. The molecule has 0 aromatic heterocycles. The lowest BCUT2D eigenvalue weighted by atomic mass is 9.89. The van der Waals surface area contributed by atoms with Gasteiger partial charge >= 0.3 is 0 Å². The quantitative estimate of drug-likeness (QED) is 0.777. The van der Waals surface area contributed by atoms with Gasteiger partial charge in [-0.05, 0) is 36.5 Å². The van der Waals surface area contributed by atoms with Crippen LogP contribution in [0.3, 0.4) is 0 Å². The summed E-state index contributed by atoms with van der Waals surface area (Å²) in [7, 11) is 0. The summed E-state index contributed by atoms with van der Waals surface area (Å²) in [6.07, 6.45) is 2.23. The third-order valence-corrected chi connectivity index (χ3v) is 4.14. The molecule has 0 radical (unpaired) electrons. The zero-order chi connectivity index (χ0) is 15.0. The molecule has 1 fully saturated rings. The van der Waals surface area contributed by atoms with Crippen molar-refractivity contribution < 1.29 is 14.0 Å². The summed E-state index contributed by atoms with van der Waals surface area (Å²) in [4.78, 5) is 24.2. The van der Waals surface area contributed by atoms with Crippen molar-refractivity contribution >= 4 is 17.5 Å². The van der Waals surface area contributed by atoms with Crippen molar-refractivity contribution in [1.29, 1.82) is 0 Å². The first-order valence-electron chi connectivity index (χ1n) is 7.18. The van der Waals surface area contributed by atoms with Gasteiger partial charge in [0.2, 0.25) is 11.8 Å². The van der Waals surface area contributed by atoms with Crippen molar-refractivity contribution in [3.63, 3.8) is 0 Å². The lowest BCUT2D eigenvalue weighted by molar-refractivity contribution is -0.126. The van der Waals surface area contributed by atoms with Crippen LogP contribution in [0.25, 0.3) is 0 Å². The molecule has 2 atom stereocenters. The molecule has 0 bridgehead atoms. The Bertz CT molecular complexity index is 586. The minimum absolute atomic E-state index is 0.0358. The molecule has 1 aromatic carbocycles. The van der Waals surface area contributed by atoms with Crippen LogP contribution in [0.1, 0.15) is 30.7 Å². The Morgan fingerprint density at radius 3 is 2.90 bits per heavy atom. The largest absolute Gasteiger partial charge is 0.351 e. The third kappa shape index (κ3) is 2.90. The lowest BCUT2D eigenvalue weighted by Gasteiger charge is -2.27. The van der Waals surface area contributed by atoms with Gasteiger partial charge in [-0.3, -0.25) is 9.59 Å². The monoisotopic (exact) mass is 291 g/mol. The minimum atomic E-state index is -0.581. The molecule has 0 spiro atoms. The van der Waals surface area contributed by atoms with Crippen molar-refractivity contribution in [1.82, 2.24) is 5.32 Å². The highest BCUT2D eigenvalue weighted by Crippen LogP contribution is 2.35. The van der Waals surface area contributed by atoms with Gasteiger partial charge in [-0.15, -0.1) is 0 Å². The maximum Gasteiger partial charge on any atom is 0.228 e. The Morgan fingerprint density at radius 2 is 2.24 bits per heavy atom. The Labute approximate surface area is 122 Å². The number of anilines is 1. The van der Waals surface area contributed by atoms with Gasteiger partial charge in [0.1, 0.15) is 5.82 Å². The molecule has 1 aliphatic heterocycles. The molecule has 1 saturated carbocycles. The second kappa shape index (κ2) is 5.44. The summed E-state index contributed by atoms with van der Waals surface area (Å²) < 4.78 is 13.3. The number of halogens is 1. The standard InChI is InChI=1S/C15H18FN3O2/c16-9-3-4-10-11(6-14(20)18-12(10)5-9)15(21)19-13(7-17)8-1-2-8/h3-5,8,11,13H,1-2,6-7,17H2,(H,18,20)(H,19,21). The van der Waals surface area contributed by atoms with Crippen LogP contribution in [-0.4, -0.2) is 24.4 Å². The van der Waals surface area contributed by atoms with E-state index in [0.717, 1.165) is 12.8 Å². The van der Waals surface area contributed by atoms with Gasteiger partial charge in [0, 0.05) is 24.7 Å². The molecule has 3 rings (SSSR count). The molecule has 21 heavy (non-hydrogen) atoms. The summed E-state index contributed by atoms with van der Waals surface area (Å²) >= 11 is 0. The van der Waals surface area contributed by atoms with E-state index in [9.17, 15) is 14.0 Å². The molecular formula is C15H18FN3O2. The zero-order valence-corrected chi connectivity index (χ0v) is 11.6. The number of carbonyl (C=O) groups is 2. The van der Waals surface area contributed by atoms with E-state index in [2.05, 4.69) is 10.6 Å². The molecule has 5 nitrogen and oxygen atoms in total. The molecule has 112 valence electrons. The van der Waals surface area contributed by atoms with Gasteiger partial charge in [-0.1, -0.05) is 6.07 Å². The van der Waals surface area contributed by atoms with Crippen LogP contribution in [0.5, 0.6) is 0 Å². The normalized spacial score (nSPS) is 22.2. The van der Waals surface area contributed by atoms with Crippen molar-refractivity contribution in [3.8, 4) is 0 Å². The number of hydrogen-bond donors (Lipinski definition) is 3. The second-order valence-corrected chi connectivity index (χ2v) is 5.72. The van der Waals surface area contributed by atoms with Gasteiger partial charge in [-0.25, -0.2) is 4.39 Å². The van der Waals surface area contributed by atoms with Gasteiger partial charge < -0.3 is 16.4 Å². The van der Waals surface area contributed by atoms with E-state index in [-0.39, 0.29) is 24.3 Å². The number of carbonyl (C=O) groups excluding carboxylic acids is 2. The van der Waals surface area contributed by atoms with Crippen LogP contribution in [0, 0.1) is 11.7 Å². The average Bonchev–Trinajstić information content (AvgIpc) is 3.27. The van der Waals surface area contributed by atoms with Crippen LogP contribution in [0.2, 0.25) is 0 Å². The smallest absolute Gasteiger partial charge is 0.228 e. The van der Waals surface area contributed by atoms with E-state index in [1.165, 1.54) is 12.1 Å². The molecule has 0 saturated heterocycles. The Kier molecular flexibility index (Phi) is 3.63. The molecule has 1 heterocycles. The number of rotatable bonds is 4. The summed E-state index contributed by atoms with van der Waals surface area (Å²) in [5.41, 5.74) is 6.72. The molecular weight excluding hydrogens is 273 g/mol. The average molecular weight is 291 g/mol. The minimum Gasteiger partial charge on any atom is -0.351 e. The van der Waals surface area contributed by atoms with E-state index in [1.54, 1.807) is 6.07 Å². The van der Waals surface area contributed by atoms with E-state index >= 15 is 0 Å². The second-order valence-electron chi connectivity index (χ2n) is 5.72. The molecule has 2 amide bonds. The van der Waals surface area contributed by atoms with Crippen LogP contribution in [-0.2, 0) is 9.59 Å². The first-order valence-corrected chi connectivity index (χ1v) is 7.18. The van der Waals surface area contributed by atoms with Crippen molar-refractivity contribution in [2.45, 2.75) is 31.2 Å². The van der Waals surface area contributed by atoms with Crippen molar-refractivity contribution in [2.75, 3.05) is 11.9 Å².